The SMILES string of the molecule is CC(C)(C)CC1CCCN1CC(C)(C)N.Cl. The monoisotopic (exact) mass is 248 g/mol. The van der Waals surface area contributed by atoms with Gasteiger partial charge in [0.15, 0.2) is 0 Å². The second-order valence-corrected chi connectivity index (χ2v) is 7.02. The molecule has 1 aliphatic heterocycles. The molecule has 0 aromatic rings. The van der Waals surface area contributed by atoms with Gasteiger partial charge in [0.1, 0.15) is 0 Å². The van der Waals surface area contributed by atoms with Crippen LogP contribution in [0.1, 0.15) is 53.9 Å². The molecule has 0 aromatic heterocycles. The molecule has 1 unspecified atom stereocenters. The Kier molecular flexibility index (Phi) is 5.78. The van der Waals surface area contributed by atoms with Crippen LogP contribution < -0.4 is 5.73 Å². The maximum atomic E-state index is 6.10. The van der Waals surface area contributed by atoms with Gasteiger partial charge in [0, 0.05) is 18.1 Å². The van der Waals surface area contributed by atoms with Crippen molar-refractivity contribution in [1.82, 2.24) is 4.90 Å². The zero-order valence-electron chi connectivity index (χ0n) is 11.5. The number of nitrogens with zero attached hydrogens (tertiary/aromatic N) is 1. The molecule has 0 amide bonds. The molecule has 3 heteroatoms. The first kappa shape index (κ1) is 16.2. The van der Waals surface area contributed by atoms with E-state index in [2.05, 4.69) is 39.5 Å². The maximum Gasteiger partial charge on any atom is 0.0226 e. The Morgan fingerprint density at radius 2 is 1.75 bits per heavy atom. The lowest BCUT2D eigenvalue weighted by Crippen LogP contribution is -2.47. The number of rotatable bonds is 3. The average Bonchev–Trinajstić information content (AvgIpc) is 2.29. The summed E-state index contributed by atoms with van der Waals surface area (Å²) in [5, 5.41) is 0. The molecule has 1 fully saturated rings. The largest absolute Gasteiger partial charge is 0.324 e. The lowest BCUT2D eigenvalue weighted by atomic mass is 9.87. The fourth-order valence-corrected chi connectivity index (χ4v) is 2.56. The number of nitrogens with two attached hydrogens (primary N) is 1. The molecule has 1 rings (SSSR count). The predicted octanol–water partition coefficient (Wildman–Crippen LogP) is 3.05. The van der Waals surface area contributed by atoms with Crippen LogP contribution in [0.5, 0.6) is 0 Å². The van der Waals surface area contributed by atoms with E-state index in [0.717, 1.165) is 12.6 Å². The zero-order chi connectivity index (χ0) is 11.7. The van der Waals surface area contributed by atoms with E-state index in [1.165, 1.54) is 25.8 Å². The van der Waals surface area contributed by atoms with Gasteiger partial charge in [-0.05, 0) is 45.1 Å². The molecule has 0 radical (unpaired) electrons. The minimum atomic E-state index is -0.0551. The van der Waals surface area contributed by atoms with Crippen molar-refractivity contribution in [3.8, 4) is 0 Å². The lowest BCUT2D eigenvalue weighted by Gasteiger charge is -2.34. The predicted molar refractivity (Wildman–Crippen MR) is 74.2 cm³/mol. The van der Waals surface area contributed by atoms with Gasteiger partial charge in [-0.15, -0.1) is 12.4 Å². The molecule has 1 atom stereocenters. The summed E-state index contributed by atoms with van der Waals surface area (Å²) in [5.41, 5.74) is 6.48. The van der Waals surface area contributed by atoms with Gasteiger partial charge in [-0.3, -0.25) is 4.90 Å². The van der Waals surface area contributed by atoms with Crippen LogP contribution in [0.3, 0.4) is 0 Å². The molecule has 0 saturated carbocycles. The van der Waals surface area contributed by atoms with E-state index in [0.29, 0.717) is 5.41 Å². The van der Waals surface area contributed by atoms with Crippen molar-refractivity contribution in [3.05, 3.63) is 0 Å². The van der Waals surface area contributed by atoms with E-state index in [1.54, 1.807) is 0 Å². The summed E-state index contributed by atoms with van der Waals surface area (Å²) in [6, 6.07) is 0.757. The third-order valence-corrected chi connectivity index (χ3v) is 2.96. The van der Waals surface area contributed by atoms with E-state index in [9.17, 15) is 0 Å². The molecule has 0 aliphatic carbocycles. The summed E-state index contributed by atoms with van der Waals surface area (Å²) < 4.78 is 0. The maximum absolute atomic E-state index is 6.10. The van der Waals surface area contributed by atoms with Gasteiger partial charge >= 0.3 is 0 Å². The van der Waals surface area contributed by atoms with Crippen molar-refractivity contribution in [3.63, 3.8) is 0 Å². The van der Waals surface area contributed by atoms with Gasteiger partial charge in [-0.25, -0.2) is 0 Å². The zero-order valence-corrected chi connectivity index (χ0v) is 12.4. The van der Waals surface area contributed by atoms with E-state index in [-0.39, 0.29) is 17.9 Å². The van der Waals surface area contributed by atoms with Gasteiger partial charge in [0.25, 0.3) is 0 Å². The van der Waals surface area contributed by atoms with Crippen molar-refractivity contribution >= 4 is 12.4 Å². The smallest absolute Gasteiger partial charge is 0.0226 e. The number of likely N-dealkylation sites (tertiary alicyclic amines) is 1. The van der Waals surface area contributed by atoms with E-state index in [1.807, 2.05) is 0 Å². The van der Waals surface area contributed by atoms with Crippen LogP contribution in [-0.4, -0.2) is 29.6 Å². The molecule has 0 bridgehead atoms. The normalized spacial score (nSPS) is 23.2. The highest BCUT2D eigenvalue weighted by Crippen LogP contribution is 2.30. The first-order valence-electron chi connectivity index (χ1n) is 6.20. The second-order valence-electron chi connectivity index (χ2n) is 7.02. The second kappa shape index (κ2) is 5.70. The van der Waals surface area contributed by atoms with Gasteiger partial charge in [-0.2, -0.15) is 0 Å². The van der Waals surface area contributed by atoms with Crippen LogP contribution >= 0.6 is 12.4 Å². The minimum Gasteiger partial charge on any atom is -0.324 e. The van der Waals surface area contributed by atoms with Crippen molar-refractivity contribution in [2.24, 2.45) is 11.1 Å². The standard InChI is InChI=1S/C13H28N2.ClH/c1-12(2,3)9-11-7-6-8-15(11)10-13(4,5)14;/h11H,6-10,14H2,1-5H3;1H. The molecule has 1 heterocycles. The van der Waals surface area contributed by atoms with Crippen molar-refractivity contribution in [2.75, 3.05) is 13.1 Å². The highest BCUT2D eigenvalue weighted by Gasteiger charge is 2.30. The highest BCUT2D eigenvalue weighted by atomic mass is 35.5. The molecular weight excluding hydrogens is 220 g/mol. The van der Waals surface area contributed by atoms with Crippen molar-refractivity contribution in [2.45, 2.75) is 65.5 Å². The fourth-order valence-electron chi connectivity index (χ4n) is 2.56. The Morgan fingerprint density at radius 3 is 2.19 bits per heavy atom. The van der Waals surface area contributed by atoms with Crippen LogP contribution in [0.4, 0.5) is 0 Å². The van der Waals surface area contributed by atoms with Crippen LogP contribution in [0, 0.1) is 5.41 Å². The number of hydrogen-bond acceptors (Lipinski definition) is 2. The molecule has 2 N–H and O–H groups in total. The van der Waals surface area contributed by atoms with E-state index < -0.39 is 0 Å². The summed E-state index contributed by atoms with van der Waals surface area (Å²) >= 11 is 0. The van der Waals surface area contributed by atoms with Crippen LogP contribution in [0.2, 0.25) is 0 Å². The third-order valence-electron chi connectivity index (χ3n) is 2.96. The van der Waals surface area contributed by atoms with Crippen LogP contribution in [0.15, 0.2) is 0 Å². The molecule has 98 valence electrons. The molecule has 0 aromatic carbocycles. The van der Waals surface area contributed by atoms with E-state index >= 15 is 0 Å². The molecule has 1 saturated heterocycles. The van der Waals surface area contributed by atoms with Crippen LogP contribution in [-0.2, 0) is 0 Å². The Bertz CT molecular complexity index is 181. The number of halogens is 1. The minimum absolute atomic E-state index is 0. The van der Waals surface area contributed by atoms with Crippen molar-refractivity contribution < 1.29 is 0 Å². The van der Waals surface area contributed by atoms with Crippen LogP contribution in [0.25, 0.3) is 0 Å². The molecule has 1 aliphatic rings. The Morgan fingerprint density at radius 1 is 1.19 bits per heavy atom. The van der Waals surface area contributed by atoms with Gasteiger partial charge in [-0.1, -0.05) is 20.8 Å². The summed E-state index contributed by atoms with van der Waals surface area (Å²) in [5.74, 6) is 0. The lowest BCUT2D eigenvalue weighted by molar-refractivity contribution is 0.165. The topological polar surface area (TPSA) is 29.3 Å². The quantitative estimate of drug-likeness (QED) is 0.832. The average molecular weight is 249 g/mol. The molecule has 16 heavy (non-hydrogen) atoms. The van der Waals surface area contributed by atoms with Gasteiger partial charge in [0.2, 0.25) is 0 Å². The fraction of sp³-hybridized carbons (Fsp3) is 1.00. The Labute approximate surface area is 107 Å². The number of hydrogen-bond donors (Lipinski definition) is 1. The summed E-state index contributed by atoms with van der Waals surface area (Å²) in [6.45, 7) is 13.5. The first-order chi connectivity index (χ1) is 6.67. The van der Waals surface area contributed by atoms with E-state index in [4.69, 9.17) is 5.73 Å². The summed E-state index contributed by atoms with van der Waals surface area (Å²) in [6.07, 6.45) is 3.99. The van der Waals surface area contributed by atoms with Gasteiger partial charge in [0.05, 0.1) is 0 Å². The first-order valence-corrected chi connectivity index (χ1v) is 6.20. The Hall–Kier alpha value is 0.210. The molecule has 0 spiro atoms. The molecular formula is C13H29ClN2. The van der Waals surface area contributed by atoms with Gasteiger partial charge < -0.3 is 5.73 Å². The highest BCUT2D eigenvalue weighted by molar-refractivity contribution is 5.85. The third kappa shape index (κ3) is 6.07. The van der Waals surface area contributed by atoms with Crippen molar-refractivity contribution in [1.29, 1.82) is 0 Å². The Balaban J connectivity index is 0.00000225. The molecule has 2 nitrogen and oxygen atoms in total. The summed E-state index contributed by atoms with van der Waals surface area (Å²) in [4.78, 5) is 2.59. The summed E-state index contributed by atoms with van der Waals surface area (Å²) in [7, 11) is 0.